The molecule has 0 radical (unpaired) electrons. The topological polar surface area (TPSA) is 85.1 Å². The number of carbonyl (C=O) groups is 1. The average molecular weight is 391 g/mol. The number of carbonyl (C=O) groups excluding carboxylic acids is 1. The Kier molecular flexibility index (Phi) is 4.76. The predicted molar refractivity (Wildman–Crippen MR) is 83.0 cm³/mol. The fraction of sp³-hybridized carbons (Fsp3) is 0. The Morgan fingerprint density at radius 1 is 1.33 bits per heavy atom. The maximum atomic E-state index is 12.1. The Morgan fingerprint density at radius 3 is 2.67 bits per heavy atom. The lowest BCUT2D eigenvalue weighted by Gasteiger charge is -2.07. The van der Waals surface area contributed by atoms with Gasteiger partial charge in [0.1, 0.15) is 11.3 Å². The number of nitrogens with one attached hydrogen (secondary N) is 1. The highest BCUT2D eigenvalue weighted by Gasteiger charge is 2.17. The van der Waals surface area contributed by atoms with E-state index in [1.54, 1.807) is 12.1 Å². The fourth-order valence-corrected chi connectivity index (χ4v) is 2.08. The van der Waals surface area contributed by atoms with Gasteiger partial charge in [0.25, 0.3) is 11.6 Å². The number of rotatable bonds is 3. The molecule has 0 aliphatic carbocycles. The van der Waals surface area contributed by atoms with Crippen LogP contribution in [-0.2, 0) is 0 Å². The van der Waals surface area contributed by atoms with Gasteiger partial charge in [-0.15, -0.1) is 0 Å². The smallest absolute Gasteiger partial charge is 0.288 e. The quantitative estimate of drug-likeness (QED) is 0.480. The van der Waals surface area contributed by atoms with Crippen LogP contribution in [-0.4, -0.2) is 15.8 Å². The minimum atomic E-state index is -0.656. The van der Waals surface area contributed by atoms with E-state index in [1.165, 1.54) is 6.07 Å². The molecule has 1 aromatic heterocycles. The van der Waals surface area contributed by atoms with Crippen LogP contribution in [0.5, 0.6) is 0 Å². The summed E-state index contributed by atoms with van der Waals surface area (Å²) in [5.41, 5.74) is 0.0130. The summed E-state index contributed by atoms with van der Waals surface area (Å²) in [5.74, 6) is -0.616. The number of hydrogen-bond donors (Lipinski definition) is 1. The van der Waals surface area contributed by atoms with E-state index in [0.29, 0.717) is 15.2 Å². The summed E-state index contributed by atoms with van der Waals surface area (Å²) < 4.78 is 0.678. The van der Waals surface area contributed by atoms with E-state index in [-0.39, 0.29) is 16.4 Å². The van der Waals surface area contributed by atoms with Gasteiger partial charge in [0.2, 0.25) is 0 Å². The van der Waals surface area contributed by atoms with Crippen LogP contribution >= 0.6 is 39.1 Å². The van der Waals surface area contributed by atoms with Crippen molar-refractivity contribution in [1.82, 2.24) is 4.98 Å². The molecule has 1 heterocycles. The molecule has 0 saturated heterocycles. The Bertz CT molecular complexity index is 740. The second kappa shape index (κ2) is 6.38. The molecule has 9 heteroatoms. The number of pyridine rings is 1. The highest BCUT2D eigenvalue weighted by atomic mass is 79.9. The van der Waals surface area contributed by atoms with Crippen LogP contribution in [0.4, 0.5) is 11.4 Å². The third kappa shape index (κ3) is 3.69. The number of amides is 1. The Hall–Kier alpha value is -1.70. The van der Waals surface area contributed by atoms with Crippen molar-refractivity contribution in [2.24, 2.45) is 0 Å². The van der Waals surface area contributed by atoms with Gasteiger partial charge in [-0.05, 0) is 34.1 Å². The van der Waals surface area contributed by atoms with E-state index in [1.807, 2.05) is 0 Å². The summed E-state index contributed by atoms with van der Waals surface area (Å²) in [5, 5.41) is 13.5. The van der Waals surface area contributed by atoms with Gasteiger partial charge in [0.05, 0.1) is 15.5 Å². The maximum absolute atomic E-state index is 12.1. The van der Waals surface area contributed by atoms with E-state index >= 15 is 0 Å². The largest absolute Gasteiger partial charge is 0.322 e. The summed E-state index contributed by atoms with van der Waals surface area (Å²) in [6.45, 7) is 0. The predicted octanol–water partition coefficient (Wildman–Crippen LogP) is 4.31. The molecule has 0 atom stereocenters. The van der Waals surface area contributed by atoms with E-state index in [0.717, 1.165) is 12.3 Å². The molecule has 1 aromatic carbocycles. The Morgan fingerprint density at radius 2 is 2.05 bits per heavy atom. The molecular formula is C12H6BrCl2N3O3. The lowest BCUT2D eigenvalue weighted by atomic mass is 10.2. The first kappa shape index (κ1) is 15.7. The average Bonchev–Trinajstić information content (AvgIpc) is 2.43. The second-order valence-electron chi connectivity index (χ2n) is 3.87. The van der Waals surface area contributed by atoms with Gasteiger partial charge >= 0.3 is 0 Å². The second-order valence-corrected chi connectivity index (χ2v) is 5.49. The monoisotopic (exact) mass is 389 g/mol. The van der Waals surface area contributed by atoms with Crippen LogP contribution in [0.25, 0.3) is 0 Å². The Labute approximate surface area is 137 Å². The minimum Gasteiger partial charge on any atom is -0.322 e. The standard InChI is InChI=1S/C12H6BrCl2N3O3/c13-9-2-1-6(3-10(9)14)17-12(19)8-4-7(18(20)21)5-16-11(8)15/h1-5H,(H,17,19). The molecule has 0 aliphatic heterocycles. The van der Waals surface area contributed by atoms with Crippen molar-refractivity contribution in [1.29, 1.82) is 0 Å². The van der Waals surface area contributed by atoms with Crippen molar-refractivity contribution in [3.05, 3.63) is 60.8 Å². The van der Waals surface area contributed by atoms with Crippen LogP contribution in [0.3, 0.4) is 0 Å². The van der Waals surface area contributed by atoms with Crippen molar-refractivity contribution in [2.45, 2.75) is 0 Å². The SMILES string of the molecule is O=C(Nc1ccc(Br)c(Cl)c1)c1cc([N+](=O)[O-])cnc1Cl. The Balaban J connectivity index is 2.29. The normalized spacial score (nSPS) is 10.2. The summed E-state index contributed by atoms with van der Waals surface area (Å²) in [6, 6.07) is 5.87. The third-order valence-electron chi connectivity index (χ3n) is 2.46. The zero-order valence-corrected chi connectivity index (χ0v) is 13.2. The number of hydrogen-bond acceptors (Lipinski definition) is 4. The molecule has 1 amide bonds. The first-order chi connectivity index (χ1) is 9.88. The molecule has 2 aromatic rings. The van der Waals surface area contributed by atoms with Crippen LogP contribution in [0.1, 0.15) is 10.4 Å². The summed E-state index contributed by atoms with van der Waals surface area (Å²) in [6.07, 6.45) is 0.982. The lowest BCUT2D eigenvalue weighted by molar-refractivity contribution is -0.385. The van der Waals surface area contributed by atoms with E-state index in [4.69, 9.17) is 23.2 Å². The molecule has 0 spiro atoms. The fourth-order valence-electron chi connectivity index (χ4n) is 1.47. The van der Waals surface area contributed by atoms with Crippen molar-refractivity contribution in [2.75, 3.05) is 5.32 Å². The summed E-state index contributed by atoms with van der Waals surface area (Å²) in [7, 11) is 0. The maximum Gasteiger partial charge on any atom is 0.288 e. The van der Waals surface area contributed by atoms with E-state index < -0.39 is 10.8 Å². The van der Waals surface area contributed by atoms with Gasteiger partial charge in [-0.3, -0.25) is 14.9 Å². The molecule has 0 aliphatic rings. The van der Waals surface area contributed by atoms with Gasteiger partial charge in [-0.1, -0.05) is 23.2 Å². The van der Waals surface area contributed by atoms with E-state index in [9.17, 15) is 14.9 Å². The molecule has 1 N–H and O–H groups in total. The van der Waals surface area contributed by atoms with Crippen molar-refractivity contribution < 1.29 is 9.72 Å². The third-order valence-corrected chi connectivity index (χ3v) is 3.99. The zero-order valence-electron chi connectivity index (χ0n) is 10.1. The molecule has 6 nitrogen and oxygen atoms in total. The molecule has 21 heavy (non-hydrogen) atoms. The highest BCUT2D eigenvalue weighted by Crippen LogP contribution is 2.26. The van der Waals surface area contributed by atoms with Gasteiger partial charge in [-0.2, -0.15) is 0 Å². The van der Waals surface area contributed by atoms with E-state index in [2.05, 4.69) is 26.2 Å². The number of halogens is 3. The molecule has 2 rings (SSSR count). The van der Waals surface area contributed by atoms with Gasteiger partial charge in [0.15, 0.2) is 0 Å². The van der Waals surface area contributed by atoms with Crippen LogP contribution in [0, 0.1) is 10.1 Å². The zero-order chi connectivity index (χ0) is 15.6. The van der Waals surface area contributed by atoms with Crippen molar-refractivity contribution in [3.8, 4) is 0 Å². The number of anilines is 1. The molecule has 0 saturated carbocycles. The molecular weight excluding hydrogens is 385 g/mol. The van der Waals surface area contributed by atoms with Gasteiger partial charge < -0.3 is 5.32 Å². The highest BCUT2D eigenvalue weighted by molar-refractivity contribution is 9.10. The summed E-state index contributed by atoms with van der Waals surface area (Å²) >= 11 is 14.9. The van der Waals surface area contributed by atoms with Crippen LogP contribution in [0.2, 0.25) is 10.2 Å². The van der Waals surface area contributed by atoms with Crippen LogP contribution < -0.4 is 5.32 Å². The number of aromatic nitrogens is 1. The summed E-state index contributed by atoms with van der Waals surface area (Å²) in [4.78, 5) is 25.8. The lowest BCUT2D eigenvalue weighted by Crippen LogP contribution is -2.13. The van der Waals surface area contributed by atoms with Crippen molar-refractivity contribution >= 4 is 56.4 Å². The molecule has 108 valence electrons. The molecule has 0 unspecified atom stereocenters. The van der Waals surface area contributed by atoms with Gasteiger partial charge in [-0.25, -0.2) is 4.98 Å². The first-order valence-electron chi connectivity index (χ1n) is 5.45. The molecule has 0 fully saturated rings. The van der Waals surface area contributed by atoms with Crippen LogP contribution in [0.15, 0.2) is 34.9 Å². The minimum absolute atomic E-state index is 0.0927. The number of benzene rings is 1. The first-order valence-corrected chi connectivity index (χ1v) is 6.99. The van der Waals surface area contributed by atoms with Crippen molar-refractivity contribution in [3.63, 3.8) is 0 Å². The molecule has 0 bridgehead atoms. The number of nitrogens with zero attached hydrogens (tertiary/aromatic N) is 2. The van der Waals surface area contributed by atoms with Gasteiger partial charge in [0, 0.05) is 16.2 Å². The number of nitro groups is 1.